The zero-order valence-electron chi connectivity index (χ0n) is 14.8. The van der Waals surface area contributed by atoms with E-state index in [2.05, 4.69) is 6.92 Å². The van der Waals surface area contributed by atoms with Crippen LogP contribution in [0.2, 0.25) is 0 Å². The van der Waals surface area contributed by atoms with Crippen LogP contribution in [0.4, 0.5) is 5.69 Å². The van der Waals surface area contributed by atoms with Crippen molar-refractivity contribution in [2.45, 2.75) is 57.9 Å². The quantitative estimate of drug-likeness (QED) is 0.850. The molecule has 0 spiro atoms. The van der Waals surface area contributed by atoms with Crippen LogP contribution in [-0.2, 0) is 16.0 Å². The van der Waals surface area contributed by atoms with Crippen LogP contribution in [0.15, 0.2) is 24.3 Å². The Morgan fingerprint density at radius 2 is 1.83 bits per heavy atom. The Hall–Kier alpha value is -1.84. The fourth-order valence-corrected chi connectivity index (χ4v) is 3.85. The highest BCUT2D eigenvalue weighted by Gasteiger charge is 2.25. The Morgan fingerprint density at radius 3 is 2.42 bits per heavy atom. The molecule has 24 heavy (non-hydrogen) atoms. The number of hydrogen-bond acceptors (Lipinski definition) is 2. The van der Waals surface area contributed by atoms with Crippen molar-refractivity contribution in [1.29, 1.82) is 0 Å². The molecule has 0 unspecified atom stereocenters. The first kappa shape index (κ1) is 17.0. The molecule has 130 valence electrons. The van der Waals surface area contributed by atoms with Gasteiger partial charge in [0, 0.05) is 31.7 Å². The second-order valence-electron chi connectivity index (χ2n) is 7.41. The molecule has 0 N–H and O–H groups in total. The number of carbonyl (C=O) groups excluding carboxylic acids is 2. The first-order chi connectivity index (χ1) is 11.5. The Kier molecular flexibility index (Phi) is 5.22. The highest BCUT2D eigenvalue weighted by molar-refractivity contribution is 5.95. The predicted molar refractivity (Wildman–Crippen MR) is 95.9 cm³/mol. The Balaban J connectivity index is 1.57. The molecule has 1 aromatic rings. The minimum absolute atomic E-state index is 0.194. The SMILES string of the molecule is CC1CCC(N(C)C(=O)Cc2ccc(N3CCCC3=O)cc2)CC1. The van der Waals surface area contributed by atoms with Gasteiger partial charge in [0.1, 0.15) is 0 Å². The van der Waals surface area contributed by atoms with E-state index < -0.39 is 0 Å². The maximum absolute atomic E-state index is 12.5. The normalized spacial score (nSPS) is 24.2. The summed E-state index contributed by atoms with van der Waals surface area (Å²) in [5.41, 5.74) is 1.97. The number of likely N-dealkylation sites (N-methyl/N-ethyl adjacent to an activating group) is 1. The van der Waals surface area contributed by atoms with Crippen molar-refractivity contribution in [1.82, 2.24) is 4.90 Å². The number of anilines is 1. The number of hydrogen-bond donors (Lipinski definition) is 0. The van der Waals surface area contributed by atoms with Gasteiger partial charge in [-0.2, -0.15) is 0 Å². The summed E-state index contributed by atoms with van der Waals surface area (Å²) in [5.74, 6) is 1.19. The van der Waals surface area contributed by atoms with Gasteiger partial charge in [-0.3, -0.25) is 9.59 Å². The van der Waals surface area contributed by atoms with E-state index in [1.54, 1.807) is 0 Å². The first-order valence-electron chi connectivity index (χ1n) is 9.19. The highest BCUT2D eigenvalue weighted by atomic mass is 16.2. The van der Waals surface area contributed by atoms with Gasteiger partial charge in [-0.05, 0) is 55.7 Å². The van der Waals surface area contributed by atoms with Crippen LogP contribution in [0.5, 0.6) is 0 Å². The number of benzene rings is 1. The van der Waals surface area contributed by atoms with Crippen LogP contribution < -0.4 is 4.90 Å². The highest BCUT2D eigenvalue weighted by Crippen LogP contribution is 2.27. The summed E-state index contributed by atoms with van der Waals surface area (Å²) in [6.07, 6.45) is 6.71. The zero-order chi connectivity index (χ0) is 17.1. The van der Waals surface area contributed by atoms with Gasteiger partial charge < -0.3 is 9.80 Å². The van der Waals surface area contributed by atoms with E-state index >= 15 is 0 Å². The van der Waals surface area contributed by atoms with Crippen LogP contribution in [0.25, 0.3) is 0 Å². The number of rotatable bonds is 4. The lowest BCUT2D eigenvalue weighted by Crippen LogP contribution is -2.40. The maximum Gasteiger partial charge on any atom is 0.227 e. The van der Waals surface area contributed by atoms with Crippen molar-refractivity contribution in [2.24, 2.45) is 5.92 Å². The molecule has 1 saturated carbocycles. The molecule has 1 aromatic carbocycles. The monoisotopic (exact) mass is 328 g/mol. The van der Waals surface area contributed by atoms with Gasteiger partial charge >= 0.3 is 0 Å². The maximum atomic E-state index is 12.5. The minimum Gasteiger partial charge on any atom is -0.342 e. The van der Waals surface area contributed by atoms with Crippen LogP contribution in [0.3, 0.4) is 0 Å². The van der Waals surface area contributed by atoms with Crippen LogP contribution in [0, 0.1) is 5.92 Å². The van der Waals surface area contributed by atoms with Gasteiger partial charge in [0.15, 0.2) is 0 Å². The second-order valence-corrected chi connectivity index (χ2v) is 7.41. The molecule has 0 radical (unpaired) electrons. The Labute approximate surface area is 144 Å². The Bertz CT molecular complexity index is 588. The minimum atomic E-state index is 0.194. The van der Waals surface area contributed by atoms with E-state index in [-0.39, 0.29) is 11.8 Å². The molecule has 1 saturated heterocycles. The van der Waals surface area contributed by atoms with Crippen LogP contribution >= 0.6 is 0 Å². The average Bonchev–Trinajstić information content (AvgIpc) is 3.01. The fourth-order valence-electron chi connectivity index (χ4n) is 3.85. The predicted octanol–water partition coefficient (Wildman–Crippen LogP) is 3.39. The third kappa shape index (κ3) is 3.80. The molecule has 2 amide bonds. The molecule has 0 atom stereocenters. The summed E-state index contributed by atoms with van der Waals surface area (Å²) in [5, 5.41) is 0. The van der Waals surface area contributed by atoms with Crippen molar-refractivity contribution in [2.75, 3.05) is 18.5 Å². The lowest BCUT2D eigenvalue weighted by atomic mass is 9.86. The molecule has 0 bridgehead atoms. The van der Waals surface area contributed by atoms with Crippen molar-refractivity contribution in [3.63, 3.8) is 0 Å². The zero-order valence-corrected chi connectivity index (χ0v) is 14.8. The summed E-state index contributed by atoms with van der Waals surface area (Å²) in [4.78, 5) is 28.1. The molecule has 1 aliphatic carbocycles. The van der Waals surface area contributed by atoms with E-state index in [1.165, 1.54) is 12.8 Å². The molecule has 3 rings (SSSR count). The van der Waals surface area contributed by atoms with Crippen molar-refractivity contribution < 1.29 is 9.59 Å². The summed E-state index contributed by atoms with van der Waals surface area (Å²) < 4.78 is 0. The van der Waals surface area contributed by atoms with Crippen molar-refractivity contribution in [3.05, 3.63) is 29.8 Å². The van der Waals surface area contributed by atoms with Gasteiger partial charge in [0.2, 0.25) is 11.8 Å². The average molecular weight is 328 g/mol. The molecule has 2 fully saturated rings. The second kappa shape index (κ2) is 7.37. The van der Waals surface area contributed by atoms with E-state index in [0.717, 1.165) is 43.0 Å². The van der Waals surface area contributed by atoms with E-state index in [0.29, 0.717) is 18.9 Å². The lowest BCUT2D eigenvalue weighted by molar-refractivity contribution is -0.132. The summed E-state index contributed by atoms with van der Waals surface area (Å²) in [6, 6.07) is 8.29. The third-order valence-corrected chi connectivity index (χ3v) is 5.60. The van der Waals surface area contributed by atoms with E-state index in [9.17, 15) is 9.59 Å². The number of carbonyl (C=O) groups is 2. The summed E-state index contributed by atoms with van der Waals surface area (Å²) >= 11 is 0. The van der Waals surface area contributed by atoms with E-state index in [1.807, 2.05) is 41.1 Å². The topological polar surface area (TPSA) is 40.6 Å². The molecule has 1 heterocycles. The molecular formula is C20H28N2O2. The molecule has 2 aliphatic rings. The smallest absolute Gasteiger partial charge is 0.227 e. The summed E-state index contributed by atoms with van der Waals surface area (Å²) in [7, 11) is 1.94. The molecule has 4 nitrogen and oxygen atoms in total. The third-order valence-electron chi connectivity index (χ3n) is 5.60. The largest absolute Gasteiger partial charge is 0.342 e. The van der Waals surface area contributed by atoms with Gasteiger partial charge in [0.05, 0.1) is 6.42 Å². The molecule has 1 aliphatic heterocycles. The number of nitrogens with zero attached hydrogens (tertiary/aromatic N) is 2. The molecule has 0 aromatic heterocycles. The fraction of sp³-hybridized carbons (Fsp3) is 0.600. The number of amides is 2. The van der Waals surface area contributed by atoms with Gasteiger partial charge in [-0.15, -0.1) is 0 Å². The summed E-state index contributed by atoms with van der Waals surface area (Å²) in [6.45, 7) is 3.10. The lowest BCUT2D eigenvalue weighted by Gasteiger charge is -2.33. The first-order valence-corrected chi connectivity index (χ1v) is 9.19. The Morgan fingerprint density at radius 1 is 1.17 bits per heavy atom. The van der Waals surface area contributed by atoms with Gasteiger partial charge in [-0.1, -0.05) is 19.1 Å². The van der Waals surface area contributed by atoms with Gasteiger partial charge in [-0.25, -0.2) is 0 Å². The van der Waals surface area contributed by atoms with Crippen LogP contribution in [0.1, 0.15) is 51.0 Å². The van der Waals surface area contributed by atoms with Crippen LogP contribution in [-0.4, -0.2) is 36.3 Å². The molecule has 4 heteroatoms. The van der Waals surface area contributed by atoms with Gasteiger partial charge in [0.25, 0.3) is 0 Å². The standard InChI is InChI=1S/C20H28N2O2/c1-15-5-9-17(10-6-15)21(2)20(24)14-16-7-11-18(12-8-16)22-13-3-4-19(22)23/h7-8,11-12,15,17H,3-6,9-10,13-14H2,1-2H3. The van der Waals surface area contributed by atoms with Crippen molar-refractivity contribution >= 4 is 17.5 Å². The van der Waals surface area contributed by atoms with Crippen molar-refractivity contribution in [3.8, 4) is 0 Å². The molecular weight excluding hydrogens is 300 g/mol. The van der Waals surface area contributed by atoms with E-state index in [4.69, 9.17) is 0 Å².